The number of nitrogens with zero attached hydrogens (tertiary/aromatic N) is 4. The van der Waals surface area contributed by atoms with Crippen molar-refractivity contribution in [1.29, 1.82) is 0 Å². The highest BCUT2D eigenvalue weighted by Crippen LogP contribution is 2.27. The SMILES string of the molecule is Cc1ccc2c(Nn3ncc4ccccc43)nc([N+](=O)[O-])cc2c1. The van der Waals surface area contributed by atoms with E-state index in [9.17, 15) is 10.1 Å². The molecule has 1 N–H and O–H groups in total. The number of fused-ring (bicyclic) bond motifs is 2. The Morgan fingerprint density at radius 3 is 2.79 bits per heavy atom. The van der Waals surface area contributed by atoms with Gasteiger partial charge in [0.15, 0.2) is 0 Å². The van der Waals surface area contributed by atoms with E-state index >= 15 is 0 Å². The molecule has 0 unspecified atom stereocenters. The van der Waals surface area contributed by atoms with Crippen molar-refractivity contribution in [3.8, 4) is 0 Å². The molecule has 0 fully saturated rings. The van der Waals surface area contributed by atoms with Crippen LogP contribution in [0, 0.1) is 17.0 Å². The van der Waals surface area contributed by atoms with Crippen LogP contribution in [0.15, 0.2) is 54.7 Å². The summed E-state index contributed by atoms with van der Waals surface area (Å²) in [5.74, 6) is 0.195. The van der Waals surface area contributed by atoms with Crippen LogP contribution < -0.4 is 5.43 Å². The molecule has 0 aliphatic rings. The van der Waals surface area contributed by atoms with Gasteiger partial charge >= 0.3 is 5.82 Å². The summed E-state index contributed by atoms with van der Waals surface area (Å²) in [6.07, 6.45) is 1.73. The van der Waals surface area contributed by atoms with Gasteiger partial charge in [-0.2, -0.15) is 9.89 Å². The van der Waals surface area contributed by atoms with E-state index in [1.165, 1.54) is 6.07 Å². The molecular formula is C17H13N5O2. The molecule has 2 heterocycles. The Bertz CT molecular complexity index is 1090. The van der Waals surface area contributed by atoms with E-state index in [1.54, 1.807) is 11.0 Å². The van der Waals surface area contributed by atoms with Gasteiger partial charge < -0.3 is 10.1 Å². The van der Waals surface area contributed by atoms with Crippen LogP contribution in [0.1, 0.15) is 5.56 Å². The first kappa shape index (κ1) is 14.1. The van der Waals surface area contributed by atoms with Crippen molar-refractivity contribution in [3.63, 3.8) is 0 Å². The maximum Gasteiger partial charge on any atom is 0.366 e. The van der Waals surface area contributed by atoms with Crippen LogP contribution in [0.5, 0.6) is 0 Å². The van der Waals surface area contributed by atoms with Crippen LogP contribution in [0.3, 0.4) is 0 Å². The van der Waals surface area contributed by atoms with E-state index in [1.807, 2.05) is 49.4 Å². The first-order chi connectivity index (χ1) is 11.6. The fourth-order valence-corrected chi connectivity index (χ4v) is 2.70. The van der Waals surface area contributed by atoms with Crippen molar-refractivity contribution < 1.29 is 4.92 Å². The largest absolute Gasteiger partial charge is 0.366 e. The third kappa shape index (κ3) is 2.32. The minimum Gasteiger partial charge on any atom is -0.358 e. The molecule has 0 amide bonds. The molecular weight excluding hydrogens is 306 g/mol. The van der Waals surface area contributed by atoms with E-state index in [4.69, 9.17) is 0 Å². The van der Waals surface area contributed by atoms with Crippen molar-refractivity contribution in [1.82, 2.24) is 14.9 Å². The van der Waals surface area contributed by atoms with E-state index < -0.39 is 4.92 Å². The number of aromatic nitrogens is 3. The second-order valence-corrected chi connectivity index (χ2v) is 5.54. The highest BCUT2D eigenvalue weighted by molar-refractivity contribution is 5.94. The third-order valence-corrected chi connectivity index (χ3v) is 3.85. The number of nitrogens with one attached hydrogen (secondary N) is 1. The lowest BCUT2D eigenvalue weighted by Gasteiger charge is -2.07. The van der Waals surface area contributed by atoms with Crippen molar-refractivity contribution in [2.75, 3.05) is 5.43 Å². The van der Waals surface area contributed by atoms with Gasteiger partial charge in [0.2, 0.25) is 0 Å². The summed E-state index contributed by atoms with van der Waals surface area (Å²) >= 11 is 0. The monoisotopic (exact) mass is 319 g/mol. The van der Waals surface area contributed by atoms with Gasteiger partial charge in [-0.3, -0.25) is 0 Å². The maximum absolute atomic E-state index is 11.2. The molecule has 0 radical (unpaired) electrons. The highest BCUT2D eigenvalue weighted by Gasteiger charge is 2.17. The molecule has 7 heteroatoms. The quantitative estimate of drug-likeness (QED) is 0.460. The fraction of sp³-hybridized carbons (Fsp3) is 0.0588. The van der Waals surface area contributed by atoms with Crippen molar-refractivity contribution >= 4 is 33.3 Å². The summed E-state index contributed by atoms with van der Waals surface area (Å²) in [5.41, 5.74) is 4.97. The molecule has 0 aliphatic carbocycles. The number of aryl methyl sites for hydroxylation is 1. The normalized spacial score (nSPS) is 11.0. The topological polar surface area (TPSA) is 85.9 Å². The molecule has 0 saturated carbocycles. The summed E-state index contributed by atoms with van der Waals surface area (Å²) < 4.78 is 0. The van der Waals surface area contributed by atoms with Gasteiger partial charge in [0, 0.05) is 11.5 Å². The summed E-state index contributed by atoms with van der Waals surface area (Å²) in [5, 5.41) is 18.0. The lowest BCUT2D eigenvalue weighted by atomic mass is 10.1. The van der Waals surface area contributed by atoms with E-state index in [0.29, 0.717) is 5.82 Å². The van der Waals surface area contributed by atoms with Gasteiger partial charge in [-0.1, -0.05) is 35.9 Å². The molecule has 0 atom stereocenters. The van der Waals surface area contributed by atoms with Crippen LogP contribution >= 0.6 is 0 Å². The van der Waals surface area contributed by atoms with Crippen molar-refractivity contribution in [2.24, 2.45) is 0 Å². The molecule has 0 spiro atoms. The van der Waals surface area contributed by atoms with Crippen LogP contribution in [-0.2, 0) is 0 Å². The molecule has 4 rings (SSSR count). The minimum absolute atomic E-state index is 0.202. The zero-order chi connectivity index (χ0) is 16.7. The Hall–Kier alpha value is -3.48. The van der Waals surface area contributed by atoms with Crippen LogP contribution in [-0.4, -0.2) is 19.8 Å². The average Bonchev–Trinajstić information content (AvgIpc) is 2.97. The van der Waals surface area contributed by atoms with Gasteiger partial charge in [0.05, 0.1) is 17.1 Å². The molecule has 118 valence electrons. The lowest BCUT2D eigenvalue weighted by Crippen LogP contribution is -2.12. The Morgan fingerprint density at radius 1 is 1.12 bits per heavy atom. The Kier molecular flexibility index (Phi) is 3.13. The summed E-state index contributed by atoms with van der Waals surface area (Å²) in [6, 6.07) is 14.9. The fourth-order valence-electron chi connectivity index (χ4n) is 2.70. The Morgan fingerprint density at radius 2 is 1.96 bits per heavy atom. The number of hydrogen-bond donors (Lipinski definition) is 1. The zero-order valence-electron chi connectivity index (χ0n) is 12.8. The number of pyridine rings is 1. The van der Waals surface area contributed by atoms with E-state index in [0.717, 1.165) is 27.2 Å². The van der Waals surface area contributed by atoms with E-state index in [2.05, 4.69) is 15.5 Å². The van der Waals surface area contributed by atoms with Gasteiger partial charge in [-0.25, -0.2) is 5.43 Å². The number of anilines is 1. The molecule has 2 aromatic carbocycles. The molecule has 0 aliphatic heterocycles. The number of para-hydroxylation sites is 1. The summed E-state index contributed by atoms with van der Waals surface area (Å²) in [6.45, 7) is 1.94. The van der Waals surface area contributed by atoms with Crippen molar-refractivity contribution in [3.05, 3.63) is 70.4 Å². The van der Waals surface area contributed by atoms with Crippen LogP contribution in [0.4, 0.5) is 11.6 Å². The molecule has 7 nitrogen and oxygen atoms in total. The van der Waals surface area contributed by atoms with Gasteiger partial charge in [0.1, 0.15) is 0 Å². The van der Waals surface area contributed by atoms with Crippen LogP contribution in [0.25, 0.3) is 21.7 Å². The third-order valence-electron chi connectivity index (χ3n) is 3.85. The highest BCUT2D eigenvalue weighted by atomic mass is 16.6. The number of benzene rings is 2. The Labute approximate surface area is 136 Å². The Balaban J connectivity index is 1.90. The predicted molar refractivity (Wildman–Crippen MR) is 91.9 cm³/mol. The number of nitro groups is 1. The van der Waals surface area contributed by atoms with E-state index in [-0.39, 0.29) is 5.82 Å². The second-order valence-electron chi connectivity index (χ2n) is 5.54. The first-order valence-electron chi connectivity index (χ1n) is 7.37. The van der Waals surface area contributed by atoms with Gasteiger partial charge in [0.25, 0.3) is 5.82 Å². The minimum atomic E-state index is -0.492. The molecule has 24 heavy (non-hydrogen) atoms. The number of rotatable bonds is 3. The standard InChI is InChI=1S/C17H13N5O2/c1-11-6-7-14-13(8-11)9-16(22(23)24)19-17(14)20-21-15-5-3-2-4-12(15)10-18-21/h2-10H,1H3,(H,19,20). The molecule has 0 saturated heterocycles. The molecule has 2 aromatic heterocycles. The zero-order valence-corrected chi connectivity index (χ0v) is 12.8. The summed E-state index contributed by atoms with van der Waals surface area (Å²) in [7, 11) is 0. The number of hydrogen-bond acceptors (Lipinski definition) is 5. The van der Waals surface area contributed by atoms with Crippen LogP contribution in [0.2, 0.25) is 0 Å². The summed E-state index contributed by atoms with van der Waals surface area (Å²) in [4.78, 5) is 16.4. The predicted octanol–water partition coefficient (Wildman–Crippen LogP) is 3.68. The van der Waals surface area contributed by atoms with Gasteiger partial charge in [-0.05, 0) is 34.3 Å². The second kappa shape index (κ2) is 5.31. The van der Waals surface area contributed by atoms with Gasteiger partial charge in [-0.15, -0.1) is 0 Å². The lowest BCUT2D eigenvalue weighted by molar-refractivity contribution is -0.389. The first-order valence-corrected chi connectivity index (χ1v) is 7.37. The maximum atomic E-state index is 11.2. The molecule has 0 bridgehead atoms. The molecule has 4 aromatic rings. The van der Waals surface area contributed by atoms with Crippen molar-refractivity contribution in [2.45, 2.75) is 6.92 Å². The smallest absolute Gasteiger partial charge is 0.358 e. The average molecular weight is 319 g/mol.